The Hall–Kier alpha value is -2.36. The van der Waals surface area contributed by atoms with Gasteiger partial charge in [0.05, 0.1) is 0 Å². The fraction of sp³-hybridized carbons (Fsp3) is 0.143. The van der Waals surface area contributed by atoms with Crippen molar-refractivity contribution in [3.05, 3.63) is 89.2 Å². The highest BCUT2D eigenvalue weighted by molar-refractivity contribution is 5.85. The van der Waals surface area contributed by atoms with Crippen molar-refractivity contribution < 1.29 is 9.13 Å². The molecule has 2 nitrogen and oxygen atoms in total. The molecule has 0 saturated carbocycles. The molecule has 4 heteroatoms. The Morgan fingerprint density at radius 3 is 2.32 bits per heavy atom. The average Bonchev–Trinajstić information content (AvgIpc) is 2.61. The summed E-state index contributed by atoms with van der Waals surface area (Å²) in [5.74, 6) is 0.541. The Kier molecular flexibility index (Phi) is 6.57. The second-order valence-electron chi connectivity index (χ2n) is 5.74. The first kappa shape index (κ1) is 19.0. The fourth-order valence-corrected chi connectivity index (χ4v) is 2.79. The number of aryl methyl sites for hydroxylation is 1. The van der Waals surface area contributed by atoms with Crippen LogP contribution in [0.3, 0.4) is 0 Å². The van der Waals surface area contributed by atoms with Crippen LogP contribution in [0.25, 0.3) is 11.1 Å². The monoisotopic (exact) mass is 357 g/mol. The molecule has 0 aromatic heterocycles. The highest BCUT2D eigenvalue weighted by Crippen LogP contribution is 2.32. The molecule has 3 aromatic rings. The molecule has 0 aliphatic carbocycles. The number of rotatable bonds is 5. The molecule has 0 aliphatic heterocycles. The molecule has 3 rings (SSSR count). The largest absolute Gasteiger partial charge is 0.488 e. The number of halogens is 2. The molecule has 0 spiro atoms. The van der Waals surface area contributed by atoms with Crippen molar-refractivity contribution in [1.82, 2.24) is 0 Å². The lowest BCUT2D eigenvalue weighted by Crippen LogP contribution is -2.05. The van der Waals surface area contributed by atoms with Crippen molar-refractivity contribution in [2.75, 3.05) is 0 Å². The molecule has 0 radical (unpaired) electrons. The van der Waals surface area contributed by atoms with Crippen LogP contribution in [0, 0.1) is 12.7 Å². The van der Waals surface area contributed by atoms with Crippen molar-refractivity contribution in [2.45, 2.75) is 20.1 Å². The van der Waals surface area contributed by atoms with Crippen molar-refractivity contribution in [3.8, 4) is 16.9 Å². The Morgan fingerprint density at radius 2 is 1.64 bits per heavy atom. The Morgan fingerprint density at radius 1 is 0.960 bits per heavy atom. The van der Waals surface area contributed by atoms with Gasteiger partial charge in [0, 0.05) is 17.7 Å². The smallest absolute Gasteiger partial charge is 0.131 e. The van der Waals surface area contributed by atoms with Crippen LogP contribution in [-0.2, 0) is 13.2 Å². The van der Waals surface area contributed by atoms with Crippen molar-refractivity contribution >= 4 is 12.4 Å². The second-order valence-corrected chi connectivity index (χ2v) is 5.74. The van der Waals surface area contributed by atoms with Gasteiger partial charge in [-0.05, 0) is 41.8 Å². The minimum Gasteiger partial charge on any atom is -0.488 e. The standard InChI is InChI=1S/C21H20FNO.ClH/c1-15-11-17(19-9-5-6-10-20(19)22)12-18(13-23)21(15)24-14-16-7-3-2-4-8-16;/h2-12H,13-14,23H2,1H3;1H. The van der Waals surface area contributed by atoms with E-state index in [0.29, 0.717) is 18.7 Å². The van der Waals surface area contributed by atoms with Gasteiger partial charge in [-0.1, -0.05) is 48.5 Å². The lowest BCUT2D eigenvalue weighted by atomic mass is 9.98. The summed E-state index contributed by atoms with van der Waals surface area (Å²) >= 11 is 0. The van der Waals surface area contributed by atoms with Crippen LogP contribution in [0.15, 0.2) is 66.7 Å². The van der Waals surface area contributed by atoms with E-state index in [9.17, 15) is 4.39 Å². The van der Waals surface area contributed by atoms with Crippen LogP contribution in [0.5, 0.6) is 5.75 Å². The summed E-state index contributed by atoms with van der Waals surface area (Å²) < 4.78 is 20.0. The van der Waals surface area contributed by atoms with Gasteiger partial charge in [-0.2, -0.15) is 0 Å². The Balaban J connectivity index is 0.00000225. The van der Waals surface area contributed by atoms with E-state index >= 15 is 0 Å². The Labute approximate surface area is 153 Å². The molecule has 130 valence electrons. The van der Waals surface area contributed by atoms with Gasteiger partial charge >= 0.3 is 0 Å². The minimum absolute atomic E-state index is 0. The van der Waals surface area contributed by atoms with E-state index in [1.807, 2.05) is 55.5 Å². The van der Waals surface area contributed by atoms with Crippen LogP contribution in [-0.4, -0.2) is 0 Å². The maximum absolute atomic E-state index is 14.1. The number of hydrogen-bond donors (Lipinski definition) is 1. The molecule has 0 unspecified atom stereocenters. The number of nitrogens with two attached hydrogens (primary N) is 1. The van der Waals surface area contributed by atoms with Gasteiger partial charge in [-0.25, -0.2) is 4.39 Å². The van der Waals surface area contributed by atoms with Crippen molar-refractivity contribution in [2.24, 2.45) is 5.73 Å². The van der Waals surface area contributed by atoms with Crippen LogP contribution in [0.1, 0.15) is 16.7 Å². The first-order chi connectivity index (χ1) is 11.7. The third kappa shape index (κ3) is 4.38. The van der Waals surface area contributed by atoms with E-state index in [1.165, 1.54) is 6.07 Å². The molecule has 0 heterocycles. The number of ether oxygens (including phenoxy) is 1. The van der Waals surface area contributed by atoms with Gasteiger partial charge in [-0.3, -0.25) is 0 Å². The normalized spacial score (nSPS) is 10.2. The summed E-state index contributed by atoms with van der Waals surface area (Å²) in [5.41, 5.74) is 10.2. The van der Waals surface area contributed by atoms with E-state index in [-0.39, 0.29) is 18.2 Å². The summed E-state index contributed by atoms with van der Waals surface area (Å²) in [7, 11) is 0. The van der Waals surface area contributed by atoms with Gasteiger partial charge in [-0.15, -0.1) is 12.4 Å². The number of hydrogen-bond acceptors (Lipinski definition) is 2. The predicted molar refractivity (Wildman–Crippen MR) is 102 cm³/mol. The molecule has 25 heavy (non-hydrogen) atoms. The average molecular weight is 358 g/mol. The Bertz CT molecular complexity index is 837. The molecule has 2 N–H and O–H groups in total. The highest BCUT2D eigenvalue weighted by atomic mass is 35.5. The van der Waals surface area contributed by atoms with Gasteiger partial charge < -0.3 is 10.5 Å². The molecule has 0 atom stereocenters. The summed E-state index contributed by atoms with van der Waals surface area (Å²) in [4.78, 5) is 0. The van der Waals surface area contributed by atoms with E-state index in [2.05, 4.69) is 0 Å². The zero-order valence-corrected chi connectivity index (χ0v) is 14.9. The van der Waals surface area contributed by atoms with Crippen molar-refractivity contribution in [3.63, 3.8) is 0 Å². The zero-order valence-electron chi connectivity index (χ0n) is 14.0. The molecular weight excluding hydrogens is 337 g/mol. The summed E-state index contributed by atoms with van der Waals surface area (Å²) in [6.45, 7) is 2.78. The molecular formula is C21H21ClFNO. The lowest BCUT2D eigenvalue weighted by Gasteiger charge is -2.16. The predicted octanol–water partition coefficient (Wildman–Crippen LogP) is 5.26. The maximum Gasteiger partial charge on any atom is 0.131 e. The highest BCUT2D eigenvalue weighted by Gasteiger charge is 2.12. The minimum atomic E-state index is -0.238. The third-order valence-corrected chi connectivity index (χ3v) is 3.98. The molecule has 0 bridgehead atoms. The molecule has 0 aliphatic rings. The van der Waals surface area contributed by atoms with Gasteiger partial charge in [0.2, 0.25) is 0 Å². The fourth-order valence-electron chi connectivity index (χ4n) is 2.79. The summed E-state index contributed by atoms with van der Waals surface area (Å²) in [6, 6.07) is 20.6. The summed E-state index contributed by atoms with van der Waals surface area (Å²) in [6.07, 6.45) is 0. The third-order valence-electron chi connectivity index (χ3n) is 3.98. The van der Waals surface area contributed by atoms with Crippen LogP contribution in [0.4, 0.5) is 4.39 Å². The van der Waals surface area contributed by atoms with E-state index in [1.54, 1.807) is 12.1 Å². The molecule has 0 fully saturated rings. The molecule has 3 aromatic carbocycles. The van der Waals surface area contributed by atoms with Crippen LogP contribution >= 0.6 is 12.4 Å². The van der Waals surface area contributed by atoms with Crippen LogP contribution < -0.4 is 10.5 Å². The number of benzene rings is 3. The van der Waals surface area contributed by atoms with E-state index < -0.39 is 0 Å². The van der Waals surface area contributed by atoms with Crippen LogP contribution in [0.2, 0.25) is 0 Å². The van der Waals surface area contributed by atoms with Gasteiger partial charge in [0.25, 0.3) is 0 Å². The topological polar surface area (TPSA) is 35.2 Å². The second kappa shape index (κ2) is 8.65. The molecule has 0 saturated heterocycles. The zero-order chi connectivity index (χ0) is 16.9. The first-order valence-electron chi connectivity index (χ1n) is 7.94. The quantitative estimate of drug-likeness (QED) is 0.676. The molecule has 0 amide bonds. The summed E-state index contributed by atoms with van der Waals surface area (Å²) in [5, 5.41) is 0. The SMILES string of the molecule is Cc1cc(-c2ccccc2F)cc(CN)c1OCc1ccccc1.Cl. The van der Waals surface area contributed by atoms with Crippen molar-refractivity contribution in [1.29, 1.82) is 0 Å². The maximum atomic E-state index is 14.1. The lowest BCUT2D eigenvalue weighted by molar-refractivity contribution is 0.301. The van der Waals surface area contributed by atoms with Gasteiger partial charge in [0.15, 0.2) is 0 Å². The van der Waals surface area contributed by atoms with E-state index in [0.717, 1.165) is 28.0 Å². The van der Waals surface area contributed by atoms with Gasteiger partial charge in [0.1, 0.15) is 18.2 Å². The van der Waals surface area contributed by atoms with E-state index in [4.69, 9.17) is 10.5 Å². The first-order valence-corrected chi connectivity index (χ1v) is 7.94.